The third-order valence-electron chi connectivity index (χ3n) is 3.01. The van der Waals surface area contributed by atoms with Crippen molar-refractivity contribution in [2.45, 2.75) is 6.42 Å². The lowest BCUT2D eigenvalue weighted by Gasteiger charge is -2.16. The Labute approximate surface area is 110 Å². The number of carbonyl (C=O) groups excluding carboxylic acids is 1. The van der Waals surface area contributed by atoms with Crippen LogP contribution < -0.4 is 0 Å². The summed E-state index contributed by atoms with van der Waals surface area (Å²) >= 11 is 0. The Hall–Kier alpha value is -2.41. The molecule has 0 aromatic heterocycles. The number of rotatable bonds is 3. The number of hydrogen-bond acceptors (Lipinski definition) is 2. The summed E-state index contributed by atoms with van der Waals surface area (Å²) in [6, 6.07) is 11.7. The van der Waals surface area contributed by atoms with Crippen LogP contribution in [0.2, 0.25) is 0 Å². The van der Waals surface area contributed by atoms with Gasteiger partial charge in [0.05, 0.1) is 12.5 Å². The molecule has 0 saturated carbocycles. The fourth-order valence-corrected chi connectivity index (χ4v) is 1.97. The molecule has 0 radical (unpaired) electrons. The highest BCUT2D eigenvalue weighted by atomic mass is 19.1. The molecule has 0 spiro atoms. The van der Waals surface area contributed by atoms with E-state index in [0.29, 0.717) is 22.9 Å². The van der Waals surface area contributed by atoms with Crippen molar-refractivity contribution in [3.63, 3.8) is 0 Å². The summed E-state index contributed by atoms with van der Waals surface area (Å²) in [5.74, 6) is -0.543. The van der Waals surface area contributed by atoms with Crippen LogP contribution in [0, 0.1) is 17.1 Å². The van der Waals surface area contributed by atoms with Gasteiger partial charge in [0, 0.05) is 24.5 Å². The highest BCUT2D eigenvalue weighted by molar-refractivity contribution is 6.07. The topological polar surface area (TPSA) is 44.1 Å². The molecule has 96 valence electrons. The van der Waals surface area contributed by atoms with Gasteiger partial charge in [0.1, 0.15) is 5.82 Å². The van der Waals surface area contributed by atoms with Crippen LogP contribution in [0.4, 0.5) is 4.39 Å². The zero-order valence-corrected chi connectivity index (χ0v) is 10.6. The molecule has 2 aromatic rings. The van der Waals surface area contributed by atoms with Gasteiger partial charge in [-0.2, -0.15) is 5.26 Å². The Kier molecular flexibility index (Phi) is 3.76. The van der Waals surface area contributed by atoms with E-state index in [2.05, 4.69) is 0 Å². The minimum Gasteiger partial charge on any atom is -0.341 e. The third-order valence-corrected chi connectivity index (χ3v) is 3.01. The lowest BCUT2D eigenvalue weighted by Crippen LogP contribution is -2.27. The van der Waals surface area contributed by atoms with Crippen LogP contribution in [0.15, 0.2) is 36.4 Å². The summed E-state index contributed by atoms with van der Waals surface area (Å²) in [7, 11) is 1.64. The van der Waals surface area contributed by atoms with Gasteiger partial charge >= 0.3 is 0 Å². The fraction of sp³-hybridized carbons (Fsp3) is 0.200. The van der Waals surface area contributed by atoms with Crippen molar-refractivity contribution in [3.05, 3.63) is 47.8 Å². The van der Waals surface area contributed by atoms with E-state index in [1.54, 1.807) is 31.3 Å². The van der Waals surface area contributed by atoms with Crippen LogP contribution in [0.5, 0.6) is 0 Å². The molecule has 0 unspecified atom stereocenters. The maximum absolute atomic E-state index is 13.7. The van der Waals surface area contributed by atoms with E-state index in [1.807, 2.05) is 6.07 Å². The lowest BCUT2D eigenvalue weighted by molar-refractivity contribution is 0.0800. The van der Waals surface area contributed by atoms with Crippen molar-refractivity contribution in [2.24, 2.45) is 0 Å². The highest BCUT2D eigenvalue weighted by Crippen LogP contribution is 2.22. The van der Waals surface area contributed by atoms with Crippen molar-refractivity contribution >= 4 is 16.7 Å². The maximum Gasteiger partial charge on any atom is 0.254 e. The Morgan fingerprint density at radius 2 is 1.95 bits per heavy atom. The summed E-state index contributed by atoms with van der Waals surface area (Å²) in [4.78, 5) is 13.7. The largest absolute Gasteiger partial charge is 0.341 e. The first kappa shape index (κ1) is 13.0. The molecule has 0 fully saturated rings. The molecular weight excluding hydrogens is 243 g/mol. The number of nitrogens with zero attached hydrogens (tertiary/aromatic N) is 2. The van der Waals surface area contributed by atoms with Gasteiger partial charge in [-0.3, -0.25) is 4.79 Å². The van der Waals surface area contributed by atoms with E-state index >= 15 is 0 Å². The van der Waals surface area contributed by atoms with Crippen molar-refractivity contribution in [3.8, 4) is 6.07 Å². The molecule has 4 heteroatoms. The van der Waals surface area contributed by atoms with Gasteiger partial charge in [0.25, 0.3) is 5.91 Å². The number of nitriles is 1. The van der Waals surface area contributed by atoms with E-state index < -0.39 is 0 Å². The maximum atomic E-state index is 13.7. The lowest BCUT2D eigenvalue weighted by atomic mass is 10.0. The second-order valence-electron chi connectivity index (χ2n) is 4.28. The monoisotopic (exact) mass is 256 g/mol. The Morgan fingerprint density at radius 3 is 2.63 bits per heavy atom. The summed E-state index contributed by atoms with van der Waals surface area (Å²) in [6.45, 7) is 0.362. The number of halogens is 1. The van der Waals surface area contributed by atoms with Crippen molar-refractivity contribution < 1.29 is 9.18 Å². The van der Waals surface area contributed by atoms with Crippen molar-refractivity contribution in [1.82, 2.24) is 4.90 Å². The number of hydrogen-bond donors (Lipinski definition) is 0. The smallest absolute Gasteiger partial charge is 0.254 e. The van der Waals surface area contributed by atoms with Gasteiger partial charge in [0.2, 0.25) is 0 Å². The first-order valence-electron chi connectivity index (χ1n) is 5.95. The second kappa shape index (κ2) is 5.49. The van der Waals surface area contributed by atoms with Crippen LogP contribution >= 0.6 is 0 Å². The van der Waals surface area contributed by atoms with E-state index in [1.165, 1.54) is 17.0 Å². The van der Waals surface area contributed by atoms with Gasteiger partial charge in [0.15, 0.2) is 0 Å². The molecule has 0 aliphatic rings. The van der Waals surface area contributed by atoms with Crippen LogP contribution in [0.25, 0.3) is 10.8 Å². The number of benzene rings is 2. The minimum absolute atomic E-state index is 0.202. The first-order valence-corrected chi connectivity index (χ1v) is 5.95. The van der Waals surface area contributed by atoms with Gasteiger partial charge < -0.3 is 4.90 Å². The fourth-order valence-electron chi connectivity index (χ4n) is 1.97. The molecule has 0 aliphatic carbocycles. The van der Waals surface area contributed by atoms with Gasteiger partial charge in [-0.05, 0) is 17.5 Å². The molecule has 1 amide bonds. The van der Waals surface area contributed by atoms with Crippen LogP contribution in [-0.4, -0.2) is 24.4 Å². The molecule has 0 heterocycles. The zero-order valence-electron chi connectivity index (χ0n) is 10.6. The van der Waals surface area contributed by atoms with Crippen molar-refractivity contribution in [2.75, 3.05) is 13.6 Å². The summed E-state index contributed by atoms with van der Waals surface area (Å²) < 4.78 is 13.7. The molecule has 0 aliphatic heterocycles. The normalized spacial score (nSPS) is 10.2. The molecule has 0 N–H and O–H groups in total. The summed E-state index contributed by atoms with van der Waals surface area (Å²) in [5.41, 5.74) is 0.456. The minimum atomic E-state index is -0.341. The molecule has 0 bridgehead atoms. The third kappa shape index (κ3) is 2.55. The number of fused-ring (bicyclic) bond motifs is 1. The van der Waals surface area contributed by atoms with Crippen LogP contribution in [0.1, 0.15) is 16.8 Å². The molecule has 0 atom stereocenters. The molecule has 2 rings (SSSR count). The number of carbonyl (C=O) groups is 1. The predicted molar refractivity (Wildman–Crippen MR) is 71.1 cm³/mol. The molecule has 19 heavy (non-hydrogen) atoms. The molecule has 3 nitrogen and oxygen atoms in total. The van der Waals surface area contributed by atoms with E-state index in [4.69, 9.17) is 5.26 Å². The van der Waals surface area contributed by atoms with E-state index in [-0.39, 0.29) is 18.1 Å². The Balaban J connectivity index is 2.43. The SMILES string of the molecule is CN(CCC#N)C(=O)c1ccc(F)c2ccccc12. The van der Waals surface area contributed by atoms with E-state index in [0.717, 1.165) is 0 Å². The average molecular weight is 256 g/mol. The van der Waals surface area contributed by atoms with Gasteiger partial charge in [-0.25, -0.2) is 4.39 Å². The first-order chi connectivity index (χ1) is 9.15. The molecular formula is C15H13FN2O. The quantitative estimate of drug-likeness (QED) is 0.847. The van der Waals surface area contributed by atoms with Crippen molar-refractivity contribution in [1.29, 1.82) is 5.26 Å². The summed E-state index contributed by atoms with van der Waals surface area (Å²) in [6.07, 6.45) is 0.279. The van der Waals surface area contributed by atoms with Gasteiger partial charge in [-0.1, -0.05) is 24.3 Å². The molecule has 2 aromatic carbocycles. The predicted octanol–water partition coefficient (Wildman–Crippen LogP) is 2.96. The Bertz CT molecular complexity index is 661. The van der Waals surface area contributed by atoms with E-state index in [9.17, 15) is 9.18 Å². The van der Waals surface area contributed by atoms with Crippen LogP contribution in [0.3, 0.4) is 0 Å². The Morgan fingerprint density at radius 1 is 1.26 bits per heavy atom. The zero-order chi connectivity index (χ0) is 13.8. The summed E-state index contributed by atoms with van der Waals surface area (Å²) in [5, 5.41) is 9.56. The standard InChI is InChI=1S/C15H13FN2O/c1-18(10-4-9-17)15(19)13-7-8-14(16)12-6-3-2-5-11(12)13/h2-3,5-8H,4,10H2,1H3. The molecule has 0 saturated heterocycles. The average Bonchev–Trinajstić information content (AvgIpc) is 2.45. The second-order valence-corrected chi connectivity index (χ2v) is 4.28. The van der Waals surface area contributed by atoms with Gasteiger partial charge in [-0.15, -0.1) is 0 Å². The number of amides is 1. The highest BCUT2D eigenvalue weighted by Gasteiger charge is 2.15. The van der Waals surface area contributed by atoms with Crippen LogP contribution in [-0.2, 0) is 0 Å².